The summed E-state index contributed by atoms with van der Waals surface area (Å²) in [6.07, 6.45) is 4.51. The number of allylic oxidation sites excluding steroid dienone is 2. The van der Waals surface area contributed by atoms with Crippen LogP contribution in [0.25, 0.3) is 5.69 Å². The number of hydrogen-bond acceptors (Lipinski definition) is 2. The van der Waals surface area contributed by atoms with Gasteiger partial charge in [0.15, 0.2) is 0 Å². The molecular formula is C15H14ClN3O2. The van der Waals surface area contributed by atoms with Gasteiger partial charge in [-0.05, 0) is 37.5 Å². The zero-order valence-corrected chi connectivity index (χ0v) is 12.0. The van der Waals surface area contributed by atoms with Gasteiger partial charge < -0.3 is 0 Å². The highest BCUT2D eigenvalue weighted by molar-refractivity contribution is 6.30. The van der Waals surface area contributed by atoms with E-state index in [1.807, 2.05) is 24.3 Å². The Morgan fingerprint density at radius 2 is 1.71 bits per heavy atom. The van der Waals surface area contributed by atoms with Crippen molar-refractivity contribution >= 4 is 11.6 Å². The largest absolute Gasteiger partial charge is 0.352 e. The number of para-hydroxylation sites is 1. The molecule has 1 aromatic heterocycles. The fraction of sp³-hybridized carbons (Fsp3) is 0.333. The normalized spacial score (nSPS) is 23.6. The van der Waals surface area contributed by atoms with Crippen LogP contribution in [0.15, 0.2) is 51.0 Å². The monoisotopic (exact) mass is 303 g/mol. The predicted molar refractivity (Wildman–Crippen MR) is 80.2 cm³/mol. The van der Waals surface area contributed by atoms with Crippen LogP contribution in [0.1, 0.15) is 31.3 Å². The number of nitrogens with zero attached hydrogens (tertiary/aromatic N) is 3. The Bertz CT molecular complexity index is 844. The van der Waals surface area contributed by atoms with Crippen molar-refractivity contribution in [2.75, 3.05) is 0 Å². The molecule has 1 aliphatic carbocycles. The number of hydrogen-bond donors (Lipinski definition) is 0. The lowest BCUT2D eigenvalue weighted by Gasteiger charge is -2.24. The van der Waals surface area contributed by atoms with E-state index in [1.54, 1.807) is 16.8 Å². The van der Waals surface area contributed by atoms with Crippen molar-refractivity contribution in [3.05, 3.63) is 62.4 Å². The Hall–Kier alpha value is -2.01. The second-order valence-corrected chi connectivity index (χ2v) is 5.93. The maximum Gasteiger partial charge on any atom is 0.352 e. The molecule has 0 unspecified atom stereocenters. The molecule has 0 N–H and O–H groups in total. The molecule has 2 aromatic rings. The van der Waals surface area contributed by atoms with Crippen LogP contribution >= 0.6 is 11.6 Å². The first-order valence-corrected chi connectivity index (χ1v) is 7.45. The molecule has 5 rings (SSSR count). The summed E-state index contributed by atoms with van der Waals surface area (Å²) in [5, 5.41) is 0.671. The number of aromatic nitrogens is 3. The fourth-order valence-corrected chi connectivity index (χ4v) is 3.67. The van der Waals surface area contributed by atoms with E-state index < -0.39 is 0 Å². The van der Waals surface area contributed by atoms with Gasteiger partial charge in [-0.25, -0.2) is 23.5 Å². The van der Waals surface area contributed by atoms with Gasteiger partial charge in [-0.3, -0.25) is 0 Å². The minimum absolute atomic E-state index is 0.124. The second kappa shape index (κ2) is 4.49. The molecule has 2 atom stereocenters. The lowest BCUT2D eigenvalue weighted by molar-refractivity contribution is 0.370. The van der Waals surface area contributed by atoms with E-state index in [0.717, 1.165) is 19.3 Å². The maximum atomic E-state index is 12.7. The molecule has 0 fully saturated rings. The minimum Gasteiger partial charge on any atom is -0.245 e. The lowest BCUT2D eigenvalue weighted by Crippen LogP contribution is -2.34. The van der Waals surface area contributed by atoms with Crippen molar-refractivity contribution < 1.29 is 0 Å². The molecule has 0 saturated carbocycles. The van der Waals surface area contributed by atoms with E-state index in [2.05, 4.69) is 0 Å². The second-order valence-electron chi connectivity index (χ2n) is 5.49. The first-order valence-electron chi connectivity index (χ1n) is 7.07. The van der Waals surface area contributed by atoms with E-state index >= 15 is 0 Å². The molecule has 108 valence electrons. The minimum atomic E-state index is -0.311. The van der Waals surface area contributed by atoms with Gasteiger partial charge in [0.05, 0.1) is 17.8 Å². The average Bonchev–Trinajstić information content (AvgIpc) is 2.66. The van der Waals surface area contributed by atoms with Crippen molar-refractivity contribution in [2.24, 2.45) is 0 Å². The summed E-state index contributed by atoms with van der Waals surface area (Å²) < 4.78 is 4.34. The molecule has 0 spiro atoms. The Balaban J connectivity index is 2.03. The van der Waals surface area contributed by atoms with Crippen LogP contribution in [0.2, 0.25) is 0 Å². The molecule has 2 bridgehead atoms. The number of halogens is 1. The molecule has 21 heavy (non-hydrogen) atoms. The Morgan fingerprint density at radius 3 is 2.48 bits per heavy atom. The van der Waals surface area contributed by atoms with E-state index in [1.165, 1.54) is 9.25 Å². The zero-order valence-electron chi connectivity index (χ0n) is 11.3. The van der Waals surface area contributed by atoms with Crippen LogP contribution in [0.5, 0.6) is 0 Å². The average molecular weight is 304 g/mol. The molecule has 1 aromatic carbocycles. The molecule has 3 heterocycles. The molecule has 0 saturated heterocycles. The predicted octanol–water partition coefficient (Wildman–Crippen LogP) is 2.20. The number of benzene rings is 1. The van der Waals surface area contributed by atoms with Crippen molar-refractivity contribution in [2.45, 2.75) is 31.3 Å². The van der Waals surface area contributed by atoms with Gasteiger partial charge >= 0.3 is 11.4 Å². The van der Waals surface area contributed by atoms with E-state index in [0.29, 0.717) is 10.7 Å². The third-order valence-corrected chi connectivity index (χ3v) is 4.66. The van der Waals surface area contributed by atoms with Crippen molar-refractivity contribution in [3.63, 3.8) is 0 Å². The summed E-state index contributed by atoms with van der Waals surface area (Å²) in [7, 11) is 0. The van der Waals surface area contributed by atoms with Crippen LogP contribution in [-0.2, 0) is 0 Å². The summed E-state index contributed by atoms with van der Waals surface area (Å²) in [4.78, 5) is 25.5. The van der Waals surface area contributed by atoms with Crippen molar-refractivity contribution in [1.29, 1.82) is 0 Å². The molecular weight excluding hydrogens is 290 g/mol. The summed E-state index contributed by atoms with van der Waals surface area (Å²) >= 11 is 6.30. The van der Waals surface area contributed by atoms with Gasteiger partial charge in [0.25, 0.3) is 0 Å². The van der Waals surface area contributed by atoms with Crippen LogP contribution in [0.4, 0.5) is 0 Å². The molecule has 5 nitrogen and oxygen atoms in total. The fourth-order valence-electron chi connectivity index (χ4n) is 3.32. The highest BCUT2D eigenvalue weighted by Gasteiger charge is 2.35. The van der Waals surface area contributed by atoms with E-state index in [-0.39, 0.29) is 23.5 Å². The summed E-state index contributed by atoms with van der Waals surface area (Å²) in [5.74, 6) is 0. The van der Waals surface area contributed by atoms with Crippen LogP contribution in [-0.4, -0.2) is 13.9 Å². The number of fused-ring (bicyclic) bond motifs is 2. The van der Waals surface area contributed by atoms with Crippen LogP contribution in [0, 0.1) is 0 Å². The van der Waals surface area contributed by atoms with Gasteiger partial charge in [-0.1, -0.05) is 29.8 Å². The Morgan fingerprint density at radius 1 is 1.00 bits per heavy atom. The summed E-state index contributed by atoms with van der Waals surface area (Å²) in [5.41, 5.74) is -0.00559. The third kappa shape index (κ3) is 1.70. The summed E-state index contributed by atoms with van der Waals surface area (Å²) in [6, 6.07) is 8.68. The lowest BCUT2D eigenvalue weighted by atomic mass is 10.1. The highest BCUT2D eigenvalue weighted by Crippen LogP contribution is 2.38. The van der Waals surface area contributed by atoms with Gasteiger partial charge in [-0.2, -0.15) is 0 Å². The van der Waals surface area contributed by atoms with Gasteiger partial charge in [-0.15, -0.1) is 0 Å². The quantitative estimate of drug-likeness (QED) is 0.811. The van der Waals surface area contributed by atoms with Crippen molar-refractivity contribution in [3.8, 4) is 5.69 Å². The zero-order chi connectivity index (χ0) is 14.6. The maximum absolute atomic E-state index is 12.7. The molecule has 3 aliphatic rings. The molecule has 0 radical (unpaired) electrons. The Labute approximate surface area is 125 Å². The highest BCUT2D eigenvalue weighted by atomic mass is 35.5. The first kappa shape index (κ1) is 12.7. The summed E-state index contributed by atoms with van der Waals surface area (Å²) in [6.45, 7) is 0. The van der Waals surface area contributed by atoms with Gasteiger partial charge in [0, 0.05) is 5.03 Å². The molecule has 6 heteroatoms. The third-order valence-electron chi connectivity index (χ3n) is 4.28. The SMILES string of the molecule is O=c1n(-c2ccccc2)c(=O)n2n1[C@H]1C=C(Cl)[C@@H]2CCC1. The van der Waals surface area contributed by atoms with E-state index in [9.17, 15) is 9.59 Å². The standard InChI is InChI=1S/C15H14ClN3O2/c16-12-9-11-7-4-8-13(12)19-15(21)17(14(20)18(11)19)10-5-2-1-3-6-10/h1-3,5-6,9,11,13H,4,7-8H2/t11-,13+/m1/s1. The number of rotatable bonds is 1. The molecule has 0 amide bonds. The topological polar surface area (TPSA) is 48.9 Å². The van der Waals surface area contributed by atoms with Crippen LogP contribution in [0.3, 0.4) is 0 Å². The smallest absolute Gasteiger partial charge is 0.245 e. The Kier molecular flexibility index (Phi) is 2.72. The van der Waals surface area contributed by atoms with Gasteiger partial charge in [0.1, 0.15) is 0 Å². The first-order chi connectivity index (χ1) is 10.2. The van der Waals surface area contributed by atoms with Crippen molar-refractivity contribution in [1.82, 2.24) is 13.9 Å². The van der Waals surface area contributed by atoms with E-state index in [4.69, 9.17) is 11.6 Å². The van der Waals surface area contributed by atoms with Gasteiger partial charge in [0.2, 0.25) is 0 Å². The van der Waals surface area contributed by atoms with Crippen LogP contribution < -0.4 is 11.4 Å². The molecule has 2 aliphatic heterocycles.